The summed E-state index contributed by atoms with van der Waals surface area (Å²) < 4.78 is 62.8. The second kappa shape index (κ2) is 5.61. The molecule has 1 N–H and O–H groups in total. The van der Waals surface area contributed by atoms with E-state index in [4.69, 9.17) is 0 Å². The first-order chi connectivity index (χ1) is 9.23. The van der Waals surface area contributed by atoms with Gasteiger partial charge in [0.05, 0.1) is 9.72 Å². The number of hydrogen-bond acceptors (Lipinski definition) is 4. The molecule has 2 heterocycles. The van der Waals surface area contributed by atoms with E-state index in [9.17, 15) is 21.6 Å². The number of pyridine rings is 1. The van der Waals surface area contributed by atoms with Crippen LogP contribution in [0.1, 0.15) is 18.5 Å². The highest BCUT2D eigenvalue weighted by Crippen LogP contribution is 2.32. The number of nitrogens with one attached hydrogen (secondary N) is 1. The number of halogens is 4. The van der Waals surface area contributed by atoms with Gasteiger partial charge in [0, 0.05) is 0 Å². The molecule has 1 aliphatic heterocycles. The number of nitrogens with zero attached hydrogens (tertiary/aromatic N) is 1. The molecule has 4 nitrogen and oxygen atoms in total. The SMILES string of the molecule is O=S(=O)(c1nc(C(F)(F)F)ccc1Br)C1CCNCC1. The van der Waals surface area contributed by atoms with E-state index < -0.39 is 32.0 Å². The molecule has 0 aromatic carbocycles. The Morgan fingerprint density at radius 1 is 1.25 bits per heavy atom. The summed E-state index contributed by atoms with van der Waals surface area (Å²) in [6.45, 7) is 1.06. The monoisotopic (exact) mass is 372 g/mol. The van der Waals surface area contributed by atoms with Gasteiger partial charge in [0.25, 0.3) is 0 Å². The highest BCUT2D eigenvalue weighted by Gasteiger charge is 2.37. The van der Waals surface area contributed by atoms with Gasteiger partial charge < -0.3 is 5.32 Å². The van der Waals surface area contributed by atoms with Crippen LogP contribution in [0.3, 0.4) is 0 Å². The van der Waals surface area contributed by atoms with Gasteiger partial charge in [-0.2, -0.15) is 13.2 Å². The molecule has 0 spiro atoms. The molecule has 1 fully saturated rings. The van der Waals surface area contributed by atoms with Crippen LogP contribution in [0.2, 0.25) is 0 Å². The number of sulfone groups is 1. The predicted octanol–water partition coefficient (Wildman–Crippen LogP) is 2.39. The summed E-state index contributed by atoms with van der Waals surface area (Å²) in [6.07, 6.45) is -3.93. The quantitative estimate of drug-likeness (QED) is 0.865. The second-order valence-corrected chi connectivity index (χ2v) is 7.47. The minimum Gasteiger partial charge on any atom is -0.317 e. The van der Waals surface area contributed by atoms with Crippen LogP contribution >= 0.6 is 15.9 Å². The van der Waals surface area contributed by atoms with Crippen molar-refractivity contribution in [3.8, 4) is 0 Å². The lowest BCUT2D eigenvalue weighted by atomic mass is 10.2. The zero-order valence-corrected chi connectivity index (χ0v) is 12.6. The van der Waals surface area contributed by atoms with E-state index in [1.165, 1.54) is 0 Å². The summed E-state index contributed by atoms with van der Waals surface area (Å²) in [5, 5.41) is 1.79. The van der Waals surface area contributed by atoms with Crippen LogP contribution in [0.4, 0.5) is 13.2 Å². The summed E-state index contributed by atoms with van der Waals surface area (Å²) in [5.74, 6) is 0. The number of aromatic nitrogens is 1. The standard InChI is InChI=1S/C11H12BrF3N2O2S/c12-8-1-2-9(11(13,14)15)17-10(8)20(18,19)7-3-5-16-6-4-7/h1-2,7,16H,3-6H2. The summed E-state index contributed by atoms with van der Waals surface area (Å²) in [4.78, 5) is 3.31. The molecule has 9 heteroatoms. The highest BCUT2D eigenvalue weighted by molar-refractivity contribution is 9.10. The van der Waals surface area contributed by atoms with Crippen LogP contribution in [0.5, 0.6) is 0 Å². The van der Waals surface area contributed by atoms with Crippen molar-refractivity contribution < 1.29 is 21.6 Å². The van der Waals surface area contributed by atoms with Crippen LogP contribution in [0, 0.1) is 0 Å². The molecule has 0 unspecified atom stereocenters. The Hall–Kier alpha value is -0.670. The molecule has 20 heavy (non-hydrogen) atoms. The maximum atomic E-state index is 12.6. The molecule has 0 radical (unpaired) electrons. The maximum absolute atomic E-state index is 12.6. The van der Waals surface area contributed by atoms with Crippen molar-refractivity contribution in [1.29, 1.82) is 0 Å². The van der Waals surface area contributed by atoms with Gasteiger partial charge in [0.15, 0.2) is 14.9 Å². The Labute approximate surface area is 122 Å². The number of alkyl halides is 3. The normalized spacial score (nSPS) is 18.2. The molecule has 0 bridgehead atoms. The van der Waals surface area contributed by atoms with Gasteiger partial charge >= 0.3 is 6.18 Å². The van der Waals surface area contributed by atoms with Gasteiger partial charge in [-0.25, -0.2) is 13.4 Å². The van der Waals surface area contributed by atoms with Crippen molar-refractivity contribution in [2.75, 3.05) is 13.1 Å². The Balaban J connectivity index is 2.45. The average Bonchev–Trinajstić information content (AvgIpc) is 2.38. The third-order valence-electron chi connectivity index (χ3n) is 3.10. The van der Waals surface area contributed by atoms with Crippen molar-refractivity contribution in [2.24, 2.45) is 0 Å². The smallest absolute Gasteiger partial charge is 0.317 e. The summed E-state index contributed by atoms with van der Waals surface area (Å²) >= 11 is 2.97. The van der Waals surface area contributed by atoms with Gasteiger partial charge in [-0.15, -0.1) is 0 Å². The lowest BCUT2D eigenvalue weighted by Crippen LogP contribution is -2.36. The summed E-state index contributed by atoms with van der Waals surface area (Å²) in [5.41, 5.74) is -1.20. The number of hydrogen-bond donors (Lipinski definition) is 1. The molecule has 0 saturated carbocycles. The molecule has 0 amide bonds. The first-order valence-corrected chi connectivity index (χ1v) is 8.25. The Morgan fingerprint density at radius 3 is 2.40 bits per heavy atom. The second-order valence-electron chi connectivity index (χ2n) is 4.48. The third-order valence-corrected chi connectivity index (χ3v) is 6.20. The molecule has 1 aliphatic rings. The molecule has 112 valence electrons. The maximum Gasteiger partial charge on any atom is 0.433 e. The minimum atomic E-state index is -4.67. The van der Waals surface area contributed by atoms with Crippen molar-refractivity contribution in [3.05, 3.63) is 22.3 Å². The highest BCUT2D eigenvalue weighted by atomic mass is 79.9. The molecule has 0 aliphatic carbocycles. The summed E-state index contributed by atoms with van der Waals surface area (Å²) in [7, 11) is -3.87. The fourth-order valence-corrected chi connectivity index (χ4v) is 4.68. The predicted molar refractivity (Wildman–Crippen MR) is 70.0 cm³/mol. The van der Waals surface area contributed by atoms with E-state index in [0.717, 1.165) is 12.1 Å². The molecular formula is C11H12BrF3N2O2S. The van der Waals surface area contributed by atoms with Crippen molar-refractivity contribution >= 4 is 25.8 Å². The molecule has 2 rings (SSSR count). The van der Waals surface area contributed by atoms with Gasteiger partial charge in [-0.3, -0.25) is 0 Å². The summed E-state index contributed by atoms with van der Waals surface area (Å²) in [6, 6.07) is 1.83. The van der Waals surface area contributed by atoms with Gasteiger partial charge in [0.1, 0.15) is 5.69 Å². The molecular weight excluding hydrogens is 361 g/mol. The number of piperidine rings is 1. The van der Waals surface area contributed by atoms with Crippen LogP contribution in [-0.4, -0.2) is 31.7 Å². The topological polar surface area (TPSA) is 59.1 Å². The third kappa shape index (κ3) is 3.15. The van der Waals surface area contributed by atoms with E-state index in [0.29, 0.717) is 25.9 Å². The average molecular weight is 373 g/mol. The van der Waals surface area contributed by atoms with E-state index in [1.807, 2.05) is 0 Å². The van der Waals surface area contributed by atoms with Crippen LogP contribution < -0.4 is 5.32 Å². The van der Waals surface area contributed by atoms with Gasteiger partial charge in [-0.1, -0.05) is 0 Å². The van der Waals surface area contributed by atoms with Gasteiger partial charge in [-0.05, 0) is 54.0 Å². The van der Waals surface area contributed by atoms with Gasteiger partial charge in [0.2, 0.25) is 0 Å². The van der Waals surface area contributed by atoms with E-state index >= 15 is 0 Å². The molecule has 0 atom stereocenters. The zero-order chi connectivity index (χ0) is 15.0. The van der Waals surface area contributed by atoms with Crippen LogP contribution in [0.25, 0.3) is 0 Å². The fraction of sp³-hybridized carbons (Fsp3) is 0.545. The Bertz CT molecular complexity index is 598. The minimum absolute atomic E-state index is 0.0593. The zero-order valence-electron chi connectivity index (χ0n) is 10.2. The molecule has 1 aromatic heterocycles. The van der Waals surface area contributed by atoms with Crippen LogP contribution in [0.15, 0.2) is 21.6 Å². The largest absolute Gasteiger partial charge is 0.433 e. The van der Waals surface area contributed by atoms with Crippen molar-refractivity contribution in [1.82, 2.24) is 10.3 Å². The van der Waals surface area contributed by atoms with Crippen LogP contribution in [-0.2, 0) is 16.0 Å². The lowest BCUT2D eigenvalue weighted by Gasteiger charge is -2.23. The van der Waals surface area contributed by atoms with E-state index in [-0.39, 0.29) is 4.47 Å². The molecule has 1 aromatic rings. The first kappa shape index (κ1) is 15.7. The number of rotatable bonds is 2. The van der Waals surface area contributed by atoms with E-state index in [1.54, 1.807) is 0 Å². The lowest BCUT2D eigenvalue weighted by molar-refractivity contribution is -0.141. The van der Waals surface area contributed by atoms with E-state index in [2.05, 4.69) is 26.2 Å². The molecule has 1 saturated heterocycles. The van der Waals surface area contributed by atoms with Crippen molar-refractivity contribution in [3.63, 3.8) is 0 Å². The van der Waals surface area contributed by atoms with Crippen molar-refractivity contribution in [2.45, 2.75) is 29.3 Å². The Morgan fingerprint density at radius 2 is 1.85 bits per heavy atom. The Kier molecular flexibility index (Phi) is 4.41. The fourth-order valence-electron chi connectivity index (χ4n) is 2.04. The first-order valence-electron chi connectivity index (χ1n) is 5.91.